The molecule has 1 rings (SSSR count). The van der Waals surface area contributed by atoms with Crippen LogP contribution < -0.4 is 10.1 Å². The van der Waals surface area contributed by atoms with Gasteiger partial charge in [0.1, 0.15) is 5.75 Å². The van der Waals surface area contributed by atoms with Gasteiger partial charge in [-0.25, -0.2) is 0 Å². The number of ether oxygens (including phenoxy) is 1. The Kier molecular flexibility index (Phi) is 5.01. The van der Waals surface area contributed by atoms with E-state index in [1.807, 2.05) is 19.2 Å². The van der Waals surface area contributed by atoms with E-state index in [9.17, 15) is 0 Å². The van der Waals surface area contributed by atoms with E-state index in [1.54, 1.807) is 7.11 Å². The summed E-state index contributed by atoms with van der Waals surface area (Å²) in [6, 6.07) is 8.45. The summed E-state index contributed by atoms with van der Waals surface area (Å²) in [4.78, 5) is 0. The zero-order valence-electron chi connectivity index (χ0n) is 11.7. The highest BCUT2D eigenvalue weighted by Crippen LogP contribution is 2.31. The van der Waals surface area contributed by atoms with Gasteiger partial charge in [-0.05, 0) is 37.1 Å². The molecule has 0 heterocycles. The molecule has 1 N–H and O–H groups in total. The Labute approximate surface area is 105 Å². The lowest BCUT2D eigenvalue weighted by Crippen LogP contribution is -2.35. The predicted molar refractivity (Wildman–Crippen MR) is 73.7 cm³/mol. The summed E-state index contributed by atoms with van der Waals surface area (Å²) < 4.78 is 5.21. The van der Waals surface area contributed by atoms with E-state index in [4.69, 9.17) is 4.74 Å². The summed E-state index contributed by atoms with van der Waals surface area (Å²) in [7, 11) is 3.72. The first-order valence-corrected chi connectivity index (χ1v) is 6.31. The number of hydrogen-bond acceptors (Lipinski definition) is 2. The van der Waals surface area contributed by atoms with Crippen LogP contribution in [0.25, 0.3) is 0 Å². The molecule has 17 heavy (non-hydrogen) atoms. The Morgan fingerprint density at radius 1 is 1.24 bits per heavy atom. The molecule has 0 amide bonds. The van der Waals surface area contributed by atoms with Gasteiger partial charge in [-0.1, -0.05) is 32.9 Å². The molecule has 1 aromatic carbocycles. The Morgan fingerprint density at radius 3 is 2.24 bits per heavy atom. The lowest BCUT2D eigenvalue weighted by atomic mass is 9.76. The minimum Gasteiger partial charge on any atom is -0.497 e. The van der Waals surface area contributed by atoms with Crippen LogP contribution in [0.3, 0.4) is 0 Å². The van der Waals surface area contributed by atoms with Crippen molar-refractivity contribution < 1.29 is 4.74 Å². The molecule has 0 saturated heterocycles. The first-order valence-electron chi connectivity index (χ1n) is 6.31. The summed E-state index contributed by atoms with van der Waals surface area (Å²) in [6.07, 6.45) is 1.18. The SMILES string of the molecule is CNCC(C)(CC(C)C)c1ccc(OC)cc1. The molecular formula is C15H25NO. The molecule has 2 nitrogen and oxygen atoms in total. The number of likely N-dealkylation sites (N-methyl/N-ethyl adjacent to an activating group) is 1. The Balaban J connectivity index is 2.95. The molecule has 0 aliphatic rings. The van der Waals surface area contributed by atoms with E-state index >= 15 is 0 Å². The molecule has 1 unspecified atom stereocenters. The van der Waals surface area contributed by atoms with Crippen molar-refractivity contribution in [3.8, 4) is 5.75 Å². The van der Waals surface area contributed by atoms with Crippen molar-refractivity contribution in [1.29, 1.82) is 0 Å². The van der Waals surface area contributed by atoms with Crippen molar-refractivity contribution in [3.63, 3.8) is 0 Å². The number of benzene rings is 1. The highest BCUT2D eigenvalue weighted by Gasteiger charge is 2.26. The Bertz CT molecular complexity index is 331. The van der Waals surface area contributed by atoms with E-state index in [2.05, 4.69) is 38.2 Å². The second kappa shape index (κ2) is 6.06. The highest BCUT2D eigenvalue weighted by molar-refractivity contribution is 5.32. The Morgan fingerprint density at radius 2 is 1.82 bits per heavy atom. The van der Waals surface area contributed by atoms with Crippen LogP contribution >= 0.6 is 0 Å². The third kappa shape index (κ3) is 3.74. The maximum atomic E-state index is 5.21. The fourth-order valence-corrected chi connectivity index (χ4v) is 2.58. The normalized spacial score (nSPS) is 14.7. The standard InChI is InChI=1S/C15H25NO/c1-12(2)10-15(3,11-16-4)13-6-8-14(17-5)9-7-13/h6-9,12,16H,10-11H2,1-5H3. The van der Waals surface area contributed by atoms with Gasteiger partial charge in [0.15, 0.2) is 0 Å². The summed E-state index contributed by atoms with van der Waals surface area (Å²) in [5.41, 5.74) is 1.57. The van der Waals surface area contributed by atoms with E-state index < -0.39 is 0 Å². The van der Waals surface area contributed by atoms with E-state index in [-0.39, 0.29) is 5.41 Å². The average molecular weight is 235 g/mol. The zero-order valence-corrected chi connectivity index (χ0v) is 11.7. The first kappa shape index (κ1) is 14.0. The quantitative estimate of drug-likeness (QED) is 0.817. The molecule has 1 atom stereocenters. The lowest BCUT2D eigenvalue weighted by molar-refractivity contribution is 0.356. The molecule has 0 fully saturated rings. The van der Waals surface area contributed by atoms with Gasteiger partial charge in [-0.3, -0.25) is 0 Å². The number of rotatable bonds is 6. The molecule has 0 radical (unpaired) electrons. The third-order valence-electron chi connectivity index (χ3n) is 3.21. The second-order valence-electron chi connectivity index (χ2n) is 5.42. The summed E-state index contributed by atoms with van der Waals surface area (Å²) in [6.45, 7) is 7.87. The van der Waals surface area contributed by atoms with Crippen LogP contribution in [0.4, 0.5) is 0 Å². The van der Waals surface area contributed by atoms with E-state index in [0.29, 0.717) is 5.92 Å². The fraction of sp³-hybridized carbons (Fsp3) is 0.600. The van der Waals surface area contributed by atoms with E-state index in [1.165, 1.54) is 12.0 Å². The molecule has 0 spiro atoms. The number of hydrogen-bond donors (Lipinski definition) is 1. The zero-order chi connectivity index (χ0) is 12.9. The lowest BCUT2D eigenvalue weighted by Gasteiger charge is -2.32. The van der Waals surface area contributed by atoms with Gasteiger partial charge in [0.05, 0.1) is 7.11 Å². The number of methoxy groups -OCH3 is 1. The van der Waals surface area contributed by atoms with Crippen LogP contribution in [0.5, 0.6) is 5.75 Å². The van der Waals surface area contributed by atoms with Gasteiger partial charge in [-0.15, -0.1) is 0 Å². The molecule has 0 aliphatic carbocycles. The monoisotopic (exact) mass is 235 g/mol. The van der Waals surface area contributed by atoms with Crippen LogP contribution in [-0.2, 0) is 5.41 Å². The third-order valence-corrected chi connectivity index (χ3v) is 3.21. The van der Waals surface area contributed by atoms with Crippen molar-refractivity contribution in [2.24, 2.45) is 5.92 Å². The smallest absolute Gasteiger partial charge is 0.118 e. The number of nitrogens with one attached hydrogen (secondary N) is 1. The van der Waals surface area contributed by atoms with E-state index in [0.717, 1.165) is 12.3 Å². The summed E-state index contributed by atoms with van der Waals surface area (Å²) in [5, 5.41) is 3.31. The molecule has 0 bridgehead atoms. The van der Waals surface area contributed by atoms with Gasteiger partial charge < -0.3 is 10.1 Å². The molecule has 2 heteroatoms. The topological polar surface area (TPSA) is 21.3 Å². The second-order valence-corrected chi connectivity index (χ2v) is 5.42. The fourth-order valence-electron chi connectivity index (χ4n) is 2.58. The highest BCUT2D eigenvalue weighted by atomic mass is 16.5. The first-order chi connectivity index (χ1) is 8.01. The van der Waals surface area contributed by atoms with Crippen LogP contribution in [0.1, 0.15) is 32.8 Å². The van der Waals surface area contributed by atoms with Crippen LogP contribution in [0, 0.1) is 5.92 Å². The molecule has 96 valence electrons. The Hall–Kier alpha value is -1.02. The molecule has 0 aromatic heterocycles. The largest absolute Gasteiger partial charge is 0.497 e. The molecular weight excluding hydrogens is 210 g/mol. The van der Waals surface area contributed by atoms with Gasteiger partial charge in [0.2, 0.25) is 0 Å². The minimum absolute atomic E-state index is 0.190. The average Bonchev–Trinajstić information content (AvgIpc) is 2.28. The predicted octanol–water partition coefficient (Wildman–Crippen LogP) is 3.22. The van der Waals surface area contributed by atoms with Crippen molar-refractivity contribution in [2.45, 2.75) is 32.6 Å². The van der Waals surface area contributed by atoms with Gasteiger partial charge in [0.25, 0.3) is 0 Å². The summed E-state index contributed by atoms with van der Waals surface area (Å²) >= 11 is 0. The van der Waals surface area contributed by atoms with Crippen LogP contribution in [0.2, 0.25) is 0 Å². The maximum absolute atomic E-state index is 5.21. The van der Waals surface area contributed by atoms with Crippen molar-refractivity contribution >= 4 is 0 Å². The van der Waals surface area contributed by atoms with Crippen molar-refractivity contribution in [3.05, 3.63) is 29.8 Å². The van der Waals surface area contributed by atoms with Crippen molar-refractivity contribution in [1.82, 2.24) is 5.32 Å². The molecule has 0 saturated carbocycles. The van der Waals surface area contributed by atoms with Crippen molar-refractivity contribution in [2.75, 3.05) is 20.7 Å². The summed E-state index contributed by atoms with van der Waals surface area (Å²) in [5.74, 6) is 1.61. The van der Waals surface area contributed by atoms with Gasteiger partial charge in [0, 0.05) is 12.0 Å². The van der Waals surface area contributed by atoms with Crippen LogP contribution in [-0.4, -0.2) is 20.7 Å². The van der Waals surface area contributed by atoms with Gasteiger partial charge >= 0.3 is 0 Å². The van der Waals surface area contributed by atoms with Crippen LogP contribution in [0.15, 0.2) is 24.3 Å². The minimum atomic E-state index is 0.190. The van der Waals surface area contributed by atoms with Gasteiger partial charge in [-0.2, -0.15) is 0 Å². The molecule has 0 aliphatic heterocycles. The molecule has 1 aromatic rings. The maximum Gasteiger partial charge on any atom is 0.118 e.